The molecule has 0 heterocycles. The van der Waals surface area contributed by atoms with Crippen molar-refractivity contribution in [2.45, 2.75) is 4.90 Å². The zero-order valence-electron chi connectivity index (χ0n) is 14.2. The van der Waals surface area contributed by atoms with Crippen LogP contribution in [0.3, 0.4) is 0 Å². The normalized spacial score (nSPS) is 10.9. The van der Waals surface area contributed by atoms with Crippen LogP contribution < -0.4 is 13.8 Å². The third-order valence-corrected chi connectivity index (χ3v) is 5.18. The highest BCUT2D eigenvalue weighted by Crippen LogP contribution is 2.32. The summed E-state index contributed by atoms with van der Waals surface area (Å²) in [5.74, 6) is -2.15. The Morgan fingerprint density at radius 1 is 1.00 bits per heavy atom. The van der Waals surface area contributed by atoms with Crippen molar-refractivity contribution in [3.05, 3.63) is 48.5 Å². The van der Waals surface area contributed by atoms with Gasteiger partial charge in [0.25, 0.3) is 10.0 Å². The molecule has 0 unspecified atom stereocenters. The number of ether oxygens (including phenoxy) is 2. The van der Waals surface area contributed by atoms with E-state index in [0.29, 0.717) is 0 Å². The maximum absolute atomic E-state index is 13.0. The second-order valence-electron chi connectivity index (χ2n) is 5.23. The number of para-hydroxylation sites is 2. The lowest BCUT2D eigenvalue weighted by Crippen LogP contribution is -2.36. The van der Waals surface area contributed by atoms with Crippen LogP contribution in [0.15, 0.2) is 53.4 Å². The third-order valence-electron chi connectivity index (χ3n) is 3.41. The van der Waals surface area contributed by atoms with E-state index in [1.807, 2.05) is 0 Å². The quantitative estimate of drug-likeness (QED) is 0.652. The van der Waals surface area contributed by atoms with Gasteiger partial charge in [-0.25, -0.2) is 13.2 Å². The minimum absolute atomic E-state index is 0.0774. The number of rotatable bonds is 9. The summed E-state index contributed by atoms with van der Waals surface area (Å²) in [5.41, 5.74) is 0.0774. The van der Waals surface area contributed by atoms with Crippen LogP contribution in [0.1, 0.15) is 0 Å². The molecule has 0 fully saturated rings. The molecule has 2 rings (SSSR count). The van der Waals surface area contributed by atoms with Gasteiger partial charge in [0, 0.05) is 0 Å². The summed E-state index contributed by atoms with van der Waals surface area (Å²) < 4.78 is 36.8. The zero-order chi connectivity index (χ0) is 20.0. The molecule has 0 bridgehead atoms. The van der Waals surface area contributed by atoms with E-state index in [4.69, 9.17) is 19.7 Å². The van der Waals surface area contributed by atoms with Crippen molar-refractivity contribution in [3.63, 3.8) is 0 Å². The molecular formula is C17H17NO8S. The predicted octanol–water partition coefficient (Wildman–Crippen LogP) is 1.44. The number of carboxylic acid groups (broad SMARTS) is 2. The first-order valence-electron chi connectivity index (χ1n) is 7.58. The van der Waals surface area contributed by atoms with Gasteiger partial charge in [-0.15, -0.1) is 0 Å². The van der Waals surface area contributed by atoms with Gasteiger partial charge in [-0.1, -0.05) is 12.1 Å². The molecule has 0 aromatic heterocycles. The number of hydrogen-bond acceptors (Lipinski definition) is 6. The molecule has 0 aliphatic carbocycles. The van der Waals surface area contributed by atoms with Gasteiger partial charge in [0.2, 0.25) is 0 Å². The molecule has 0 spiro atoms. The number of carbonyl (C=O) groups is 2. The predicted molar refractivity (Wildman–Crippen MR) is 94.7 cm³/mol. The van der Waals surface area contributed by atoms with Crippen LogP contribution >= 0.6 is 0 Å². The van der Waals surface area contributed by atoms with Crippen LogP contribution in [0.5, 0.6) is 11.5 Å². The number of carboxylic acids is 2. The molecular weight excluding hydrogens is 378 g/mol. The van der Waals surface area contributed by atoms with E-state index < -0.39 is 35.1 Å². The number of aliphatic carboxylic acids is 2. The summed E-state index contributed by atoms with van der Waals surface area (Å²) in [6, 6.07) is 11.1. The van der Waals surface area contributed by atoms with Gasteiger partial charge >= 0.3 is 11.9 Å². The topological polar surface area (TPSA) is 130 Å². The lowest BCUT2D eigenvalue weighted by atomic mass is 10.3. The molecule has 2 N–H and O–H groups in total. The molecule has 0 aliphatic rings. The second kappa shape index (κ2) is 8.41. The van der Waals surface area contributed by atoms with Gasteiger partial charge in [-0.2, -0.15) is 0 Å². The molecule has 144 valence electrons. The van der Waals surface area contributed by atoms with Gasteiger partial charge in [-0.3, -0.25) is 9.10 Å². The van der Waals surface area contributed by atoms with Crippen molar-refractivity contribution in [3.8, 4) is 11.5 Å². The first kappa shape index (κ1) is 20.0. The fourth-order valence-corrected chi connectivity index (χ4v) is 3.66. The molecule has 0 radical (unpaired) electrons. The zero-order valence-corrected chi connectivity index (χ0v) is 15.0. The number of methoxy groups -OCH3 is 1. The Morgan fingerprint density at radius 2 is 1.63 bits per heavy atom. The highest BCUT2D eigenvalue weighted by Gasteiger charge is 2.29. The van der Waals surface area contributed by atoms with Gasteiger partial charge in [0.15, 0.2) is 6.61 Å². The smallest absolute Gasteiger partial charge is 0.341 e. The fourth-order valence-electron chi connectivity index (χ4n) is 2.24. The van der Waals surface area contributed by atoms with Gasteiger partial charge in [-0.05, 0) is 36.4 Å². The van der Waals surface area contributed by atoms with E-state index in [1.54, 1.807) is 12.1 Å². The van der Waals surface area contributed by atoms with Crippen molar-refractivity contribution < 1.29 is 37.7 Å². The summed E-state index contributed by atoms with van der Waals surface area (Å²) in [5, 5.41) is 17.8. The first-order chi connectivity index (χ1) is 12.8. The number of anilines is 1. The first-order valence-corrected chi connectivity index (χ1v) is 9.02. The Bertz CT molecular complexity index is 924. The Hall–Kier alpha value is -3.27. The molecule has 0 saturated heterocycles. The average Bonchev–Trinajstić information content (AvgIpc) is 2.64. The second-order valence-corrected chi connectivity index (χ2v) is 7.09. The standard InChI is InChI=1S/C17H17NO8S/c1-25-15-5-3-2-4-14(15)18(10-16(19)20)27(23,24)13-8-6-12(7-9-13)26-11-17(21)22/h2-9H,10-11H2,1H3,(H,19,20)(H,21,22). The van der Waals surface area contributed by atoms with Gasteiger partial charge in [0.05, 0.1) is 17.7 Å². The summed E-state index contributed by atoms with van der Waals surface area (Å²) in [4.78, 5) is 21.6. The van der Waals surface area contributed by atoms with Crippen molar-refractivity contribution in [2.75, 3.05) is 24.6 Å². The molecule has 2 aromatic rings. The monoisotopic (exact) mass is 395 g/mol. The Balaban J connectivity index is 2.42. The largest absolute Gasteiger partial charge is 0.495 e. The Morgan fingerprint density at radius 3 is 2.19 bits per heavy atom. The SMILES string of the molecule is COc1ccccc1N(CC(=O)O)S(=O)(=O)c1ccc(OCC(=O)O)cc1. The lowest BCUT2D eigenvalue weighted by Gasteiger charge is -2.24. The maximum atomic E-state index is 13.0. The van der Waals surface area contributed by atoms with Crippen LogP contribution in [-0.4, -0.2) is 50.8 Å². The molecule has 27 heavy (non-hydrogen) atoms. The molecule has 0 aliphatic heterocycles. The van der Waals surface area contributed by atoms with Crippen LogP contribution in [0, 0.1) is 0 Å². The molecule has 2 aromatic carbocycles. The number of nitrogens with zero attached hydrogens (tertiary/aromatic N) is 1. The number of hydrogen-bond donors (Lipinski definition) is 2. The van der Waals surface area contributed by atoms with Crippen molar-refractivity contribution in [2.24, 2.45) is 0 Å². The van der Waals surface area contributed by atoms with E-state index in [2.05, 4.69) is 0 Å². The summed E-state index contributed by atoms with van der Waals surface area (Å²) in [7, 11) is -2.88. The van der Waals surface area contributed by atoms with Crippen LogP contribution in [-0.2, 0) is 19.6 Å². The minimum Gasteiger partial charge on any atom is -0.495 e. The van der Waals surface area contributed by atoms with E-state index in [9.17, 15) is 18.0 Å². The number of benzene rings is 2. The molecule has 9 nitrogen and oxygen atoms in total. The third kappa shape index (κ3) is 4.88. The van der Waals surface area contributed by atoms with E-state index in [-0.39, 0.29) is 22.1 Å². The summed E-state index contributed by atoms with van der Waals surface area (Å²) in [6.07, 6.45) is 0. The van der Waals surface area contributed by atoms with Gasteiger partial charge in [0.1, 0.15) is 18.0 Å². The maximum Gasteiger partial charge on any atom is 0.341 e. The highest BCUT2D eigenvalue weighted by atomic mass is 32.2. The molecule has 10 heteroatoms. The molecule has 0 amide bonds. The summed E-state index contributed by atoms with van der Waals surface area (Å²) >= 11 is 0. The van der Waals surface area contributed by atoms with E-state index in [0.717, 1.165) is 4.31 Å². The molecule has 0 saturated carbocycles. The van der Waals surface area contributed by atoms with Crippen LogP contribution in [0.2, 0.25) is 0 Å². The lowest BCUT2D eigenvalue weighted by molar-refractivity contribution is -0.139. The Labute approximate surface area is 155 Å². The van der Waals surface area contributed by atoms with Crippen molar-refractivity contribution >= 4 is 27.6 Å². The van der Waals surface area contributed by atoms with Gasteiger partial charge < -0.3 is 19.7 Å². The number of sulfonamides is 1. The van der Waals surface area contributed by atoms with E-state index in [1.165, 1.54) is 43.5 Å². The van der Waals surface area contributed by atoms with E-state index >= 15 is 0 Å². The Kier molecular flexibility index (Phi) is 6.24. The summed E-state index contributed by atoms with van der Waals surface area (Å²) in [6.45, 7) is -1.38. The molecule has 0 atom stereocenters. The van der Waals surface area contributed by atoms with Crippen molar-refractivity contribution in [1.82, 2.24) is 0 Å². The van der Waals surface area contributed by atoms with Crippen molar-refractivity contribution in [1.29, 1.82) is 0 Å². The average molecular weight is 395 g/mol. The highest BCUT2D eigenvalue weighted by molar-refractivity contribution is 7.92. The van der Waals surface area contributed by atoms with Crippen LogP contribution in [0.4, 0.5) is 5.69 Å². The van der Waals surface area contributed by atoms with Crippen LogP contribution in [0.25, 0.3) is 0 Å². The fraction of sp³-hybridized carbons (Fsp3) is 0.176. The minimum atomic E-state index is -4.23.